The summed E-state index contributed by atoms with van der Waals surface area (Å²) in [4.78, 5) is 2.39. The van der Waals surface area contributed by atoms with Crippen LogP contribution in [-0.2, 0) is 0 Å². The first-order valence-electron chi connectivity index (χ1n) is 5.05. The van der Waals surface area contributed by atoms with Crippen LogP contribution in [0.1, 0.15) is 41.5 Å². The molecule has 1 heteroatoms. The molecule has 0 aliphatic heterocycles. The van der Waals surface area contributed by atoms with E-state index in [2.05, 4.69) is 60.1 Å². The van der Waals surface area contributed by atoms with Crippen LogP contribution in [0, 0.1) is 5.41 Å². The van der Waals surface area contributed by atoms with E-state index in [4.69, 9.17) is 0 Å². The Labute approximate surface area is 83.8 Å². The molecule has 0 aromatic carbocycles. The summed E-state index contributed by atoms with van der Waals surface area (Å²) in [6, 6.07) is 1.04. The Morgan fingerprint density at radius 2 is 1.62 bits per heavy atom. The van der Waals surface area contributed by atoms with Crippen molar-refractivity contribution in [2.24, 2.45) is 5.41 Å². The first-order chi connectivity index (χ1) is 5.68. The maximum absolute atomic E-state index is 4.08. The molecule has 0 aliphatic carbocycles. The molecule has 78 valence electrons. The van der Waals surface area contributed by atoms with Gasteiger partial charge in [0.2, 0.25) is 0 Å². The highest BCUT2D eigenvalue weighted by Crippen LogP contribution is 2.29. The van der Waals surface area contributed by atoms with Crippen molar-refractivity contribution in [3.8, 4) is 0 Å². The Morgan fingerprint density at radius 3 is 1.69 bits per heavy atom. The summed E-state index contributed by atoms with van der Waals surface area (Å²) >= 11 is 0. The minimum atomic E-state index is 0.269. The fraction of sp³-hybridized carbons (Fsp3) is 0.833. The van der Waals surface area contributed by atoms with Crippen molar-refractivity contribution >= 4 is 0 Å². The average molecular weight is 183 g/mol. The van der Waals surface area contributed by atoms with Gasteiger partial charge in [-0.15, -0.1) is 0 Å². The normalized spacial score (nSPS) is 15.2. The Balaban J connectivity index is 4.72. The molecule has 0 aromatic rings. The topological polar surface area (TPSA) is 3.24 Å². The Kier molecular flexibility index (Phi) is 4.18. The molecule has 1 unspecified atom stereocenters. The molecule has 0 aliphatic rings. The van der Waals surface area contributed by atoms with Crippen LogP contribution >= 0.6 is 0 Å². The summed E-state index contributed by atoms with van der Waals surface area (Å²) in [7, 11) is 2.18. The third-order valence-corrected chi connectivity index (χ3v) is 2.51. The highest BCUT2D eigenvalue weighted by Gasteiger charge is 2.29. The molecule has 0 saturated carbocycles. The lowest BCUT2D eigenvalue weighted by atomic mass is 9.81. The highest BCUT2D eigenvalue weighted by atomic mass is 15.2. The van der Waals surface area contributed by atoms with Gasteiger partial charge in [0.05, 0.1) is 0 Å². The second-order valence-corrected chi connectivity index (χ2v) is 5.37. The van der Waals surface area contributed by atoms with E-state index >= 15 is 0 Å². The molecule has 0 saturated heterocycles. The van der Waals surface area contributed by atoms with E-state index in [0.29, 0.717) is 12.1 Å². The number of hydrogen-bond acceptors (Lipinski definition) is 1. The molecule has 0 heterocycles. The Morgan fingerprint density at radius 1 is 1.23 bits per heavy atom. The summed E-state index contributed by atoms with van der Waals surface area (Å²) in [6.45, 7) is 17.5. The molecule has 0 radical (unpaired) electrons. The fourth-order valence-electron chi connectivity index (χ4n) is 2.00. The molecule has 13 heavy (non-hydrogen) atoms. The quantitative estimate of drug-likeness (QED) is 0.607. The van der Waals surface area contributed by atoms with Crippen molar-refractivity contribution in [1.82, 2.24) is 4.90 Å². The number of hydrogen-bond donors (Lipinski definition) is 0. The van der Waals surface area contributed by atoms with Gasteiger partial charge in [0.25, 0.3) is 0 Å². The molecule has 0 amide bonds. The van der Waals surface area contributed by atoms with Crippen LogP contribution in [0.5, 0.6) is 0 Å². The average Bonchev–Trinajstić information content (AvgIpc) is 1.82. The second kappa shape index (κ2) is 4.28. The third-order valence-electron chi connectivity index (χ3n) is 2.51. The lowest BCUT2D eigenvalue weighted by Crippen LogP contribution is -2.45. The molecule has 0 N–H and O–H groups in total. The zero-order valence-electron chi connectivity index (χ0n) is 10.3. The lowest BCUT2D eigenvalue weighted by molar-refractivity contribution is 0.125. The predicted octanol–water partition coefficient (Wildman–Crippen LogP) is 3.32. The van der Waals surface area contributed by atoms with E-state index in [0.717, 1.165) is 0 Å². The van der Waals surface area contributed by atoms with Crippen LogP contribution in [0.25, 0.3) is 0 Å². The van der Waals surface area contributed by atoms with E-state index < -0.39 is 0 Å². The molecular weight excluding hydrogens is 158 g/mol. The van der Waals surface area contributed by atoms with Crippen molar-refractivity contribution < 1.29 is 0 Å². The minimum Gasteiger partial charge on any atom is -0.297 e. The standard InChI is InChI=1S/C12H25N/c1-9(2)11(12(5,6)7)13(8)10(3)4/h10-11H,1H2,2-8H3. The van der Waals surface area contributed by atoms with Gasteiger partial charge in [-0.2, -0.15) is 0 Å². The van der Waals surface area contributed by atoms with Gasteiger partial charge in [0.1, 0.15) is 0 Å². The maximum atomic E-state index is 4.08. The van der Waals surface area contributed by atoms with Crippen molar-refractivity contribution in [2.45, 2.75) is 53.6 Å². The summed E-state index contributed by atoms with van der Waals surface area (Å²) in [6.07, 6.45) is 0. The monoisotopic (exact) mass is 183 g/mol. The molecular formula is C12H25N. The van der Waals surface area contributed by atoms with Gasteiger partial charge in [-0.3, -0.25) is 4.90 Å². The Hall–Kier alpha value is -0.300. The van der Waals surface area contributed by atoms with Gasteiger partial charge in [0, 0.05) is 12.1 Å². The zero-order valence-corrected chi connectivity index (χ0v) is 10.3. The first-order valence-corrected chi connectivity index (χ1v) is 5.05. The van der Waals surface area contributed by atoms with Gasteiger partial charge in [-0.25, -0.2) is 0 Å². The van der Waals surface area contributed by atoms with Crippen molar-refractivity contribution in [2.75, 3.05) is 7.05 Å². The predicted molar refractivity (Wildman–Crippen MR) is 61.0 cm³/mol. The van der Waals surface area contributed by atoms with Crippen LogP contribution in [0.2, 0.25) is 0 Å². The van der Waals surface area contributed by atoms with Gasteiger partial charge in [0.15, 0.2) is 0 Å². The number of nitrogens with zero attached hydrogens (tertiary/aromatic N) is 1. The van der Waals surface area contributed by atoms with E-state index in [9.17, 15) is 0 Å². The smallest absolute Gasteiger partial charge is 0.0350 e. The molecule has 0 aromatic heterocycles. The van der Waals surface area contributed by atoms with Crippen molar-refractivity contribution in [1.29, 1.82) is 0 Å². The minimum absolute atomic E-state index is 0.269. The zero-order chi connectivity index (χ0) is 10.8. The van der Waals surface area contributed by atoms with Gasteiger partial charge in [-0.05, 0) is 33.2 Å². The molecule has 0 fully saturated rings. The summed E-state index contributed by atoms with van der Waals surface area (Å²) in [5.41, 5.74) is 1.52. The van der Waals surface area contributed by atoms with Crippen LogP contribution in [0.4, 0.5) is 0 Å². The molecule has 0 rings (SSSR count). The van der Waals surface area contributed by atoms with E-state index in [-0.39, 0.29) is 5.41 Å². The number of likely N-dealkylation sites (N-methyl/N-ethyl adjacent to an activating group) is 1. The maximum Gasteiger partial charge on any atom is 0.0350 e. The lowest BCUT2D eigenvalue weighted by Gasteiger charge is -2.40. The molecule has 0 bridgehead atoms. The molecule has 1 atom stereocenters. The van der Waals surface area contributed by atoms with Gasteiger partial charge in [-0.1, -0.05) is 32.9 Å². The Bertz CT molecular complexity index is 174. The van der Waals surface area contributed by atoms with Crippen LogP contribution < -0.4 is 0 Å². The third kappa shape index (κ3) is 3.51. The number of rotatable bonds is 3. The largest absolute Gasteiger partial charge is 0.297 e. The van der Waals surface area contributed by atoms with Crippen molar-refractivity contribution in [3.63, 3.8) is 0 Å². The fourth-order valence-corrected chi connectivity index (χ4v) is 2.00. The SMILES string of the molecule is C=C(C)C(N(C)C(C)C)C(C)(C)C. The summed E-state index contributed by atoms with van der Waals surface area (Å²) in [5.74, 6) is 0. The van der Waals surface area contributed by atoms with E-state index in [1.165, 1.54) is 5.57 Å². The van der Waals surface area contributed by atoms with Crippen LogP contribution in [-0.4, -0.2) is 24.0 Å². The van der Waals surface area contributed by atoms with Crippen molar-refractivity contribution in [3.05, 3.63) is 12.2 Å². The van der Waals surface area contributed by atoms with Crippen LogP contribution in [0.15, 0.2) is 12.2 Å². The molecule has 1 nitrogen and oxygen atoms in total. The molecule has 0 spiro atoms. The van der Waals surface area contributed by atoms with Gasteiger partial charge < -0.3 is 0 Å². The summed E-state index contributed by atoms with van der Waals surface area (Å²) in [5, 5.41) is 0. The van der Waals surface area contributed by atoms with E-state index in [1.807, 2.05) is 0 Å². The van der Waals surface area contributed by atoms with Gasteiger partial charge >= 0.3 is 0 Å². The highest BCUT2D eigenvalue weighted by molar-refractivity contribution is 5.07. The summed E-state index contributed by atoms with van der Waals surface area (Å²) < 4.78 is 0. The first kappa shape index (κ1) is 12.7. The van der Waals surface area contributed by atoms with Crippen LogP contribution in [0.3, 0.4) is 0 Å². The van der Waals surface area contributed by atoms with E-state index in [1.54, 1.807) is 0 Å². The second-order valence-electron chi connectivity index (χ2n) is 5.37.